The van der Waals surface area contributed by atoms with Gasteiger partial charge < -0.3 is 10.2 Å². The fourth-order valence-corrected chi connectivity index (χ4v) is 3.65. The molecule has 2 aromatic carbocycles. The third-order valence-corrected chi connectivity index (χ3v) is 5.54. The maximum absolute atomic E-state index is 13.2. The van der Waals surface area contributed by atoms with Gasteiger partial charge in [-0.15, -0.1) is 0 Å². The highest BCUT2D eigenvalue weighted by Crippen LogP contribution is 2.26. The number of carbonyl (C=O) groups excluding carboxylic acids is 3. The van der Waals surface area contributed by atoms with E-state index in [1.165, 1.54) is 0 Å². The smallest absolute Gasteiger partial charge is 0.323 e. The van der Waals surface area contributed by atoms with E-state index in [0.29, 0.717) is 19.4 Å². The molecule has 1 N–H and O–H groups in total. The standard InChI is InChI=1S/C23H27N3O3/c1-4-23(5-2)21(28)26(22(29)24-23)16-20(27)25(15-18-11-7-6-8-12-18)19-13-9-10-17(3)14-19/h6-14H,4-5,15-16H2,1-3H3,(H,24,29). The van der Waals surface area contributed by atoms with Crippen molar-refractivity contribution in [1.29, 1.82) is 0 Å². The molecule has 0 spiro atoms. The Balaban J connectivity index is 1.87. The van der Waals surface area contributed by atoms with Gasteiger partial charge in [-0.3, -0.25) is 14.5 Å². The Morgan fingerprint density at radius 1 is 1.03 bits per heavy atom. The van der Waals surface area contributed by atoms with E-state index in [0.717, 1.165) is 21.7 Å². The Bertz CT molecular complexity index is 907. The van der Waals surface area contributed by atoms with Gasteiger partial charge in [0.1, 0.15) is 12.1 Å². The average molecular weight is 393 g/mol. The number of rotatable bonds is 7. The summed E-state index contributed by atoms with van der Waals surface area (Å²) in [5.41, 5.74) is 1.82. The molecule has 6 nitrogen and oxygen atoms in total. The summed E-state index contributed by atoms with van der Waals surface area (Å²) in [4.78, 5) is 41.2. The summed E-state index contributed by atoms with van der Waals surface area (Å²) in [6, 6.07) is 16.8. The number of aryl methyl sites for hydroxylation is 1. The molecule has 152 valence electrons. The topological polar surface area (TPSA) is 69.7 Å². The second-order valence-corrected chi connectivity index (χ2v) is 7.42. The van der Waals surface area contributed by atoms with Crippen LogP contribution >= 0.6 is 0 Å². The van der Waals surface area contributed by atoms with Crippen LogP contribution in [0.4, 0.5) is 10.5 Å². The van der Waals surface area contributed by atoms with Crippen LogP contribution in [0.15, 0.2) is 54.6 Å². The Hall–Kier alpha value is -3.15. The fourth-order valence-electron chi connectivity index (χ4n) is 3.65. The zero-order valence-corrected chi connectivity index (χ0v) is 17.1. The van der Waals surface area contributed by atoms with Gasteiger partial charge in [-0.25, -0.2) is 4.79 Å². The third-order valence-electron chi connectivity index (χ3n) is 5.54. The Morgan fingerprint density at radius 2 is 1.72 bits per heavy atom. The molecule has 2 aromatic rings. The molecule has 0 aliphatic carbocycles. The van der Waals surface area contributed by atoms with E-state index in [2.05, 4.69) is 5.32 Å². The number of carbonyl (C=O) groups is 3. The summed E-state index contributed by atoms with van der Waals surface area (Å²) in [6.45, 7) is 5.76. The highest BCUT2D eigenvalue weighted by atomic mass is 16.2. The van der Waals surface area contributed by atoms with Crippen LogP contribution in [0.2, 0.25) is 0 Å². The molecule has 0 aromatic heterocycles. The van der Waals surface area contributed by atoms with Gasteiger partial charge in [0, 0.05) is 5.69 Å². The average Bonchev–Trinajstić information content (AvgIpc) is 2.97. The molecule has 4 amide bonds. The molecule has 1 saturated heterocycles. The van der Waals surface area contributed by atoms with Gasteiger partial charge in [-0.05, 0) is 43.0 Å². The van der Waals surface area contributed by atoms with Crippen molar-refractivity contribution in [3.8, 4) is 0 Å². The lowest BCUT2D eigenvalue weighted by Gasteiger charge is -2.26. The van der Waals surface area contributed by atoms with E-state index in [9.17, 15) is 14.4 Å². The summed E-state index contributed by atoms with van der Waals surface area (Å²) < 4.78 is 0. The number of hydrogen-bond donors (Lipinski definition) is 1. The molecule has 0 radical (unpaired) electrons. The lowest BCUT2D eigenvalue weighted by molar-refractivity contribution is -0.134. The number of urea groups is 1. The van der Waals surface area contributed by atoms with E-state index >= 15 is 0 Å². The third kappa shape index (κ3) is 4.16. The first-order valence-corrected chi connectivity index (χ1v) is 9.95. The van der Waals surface area contributed by atoms with E-state index in [-0.39, 0.29) is 18.4 Å². The van der Waals surface area contributed by atoms with Crippen molar-refractivity contribution in [2.45, 2.75) is 45.7 Å². The number of benzene rings is 2. The maximum Gasteiger partial charge on any atom is 0.325 e. The molecule has 0 saturated carbocycles. The Labute approximate surface area is 171 Å². The van der Waals surface area contributed by atoms with Crippen molar-refractivity contribution in [2.75, 3.05) is 11.4 Å². The van der Waals surface area contributed by atoms with Gasteiger partial charge in [0.25, 0.3) is 5.91 Å². The zero-order valence-electron chi connectivity index (χ0n) is 17.1. The van der Waals surface area contributed by atoms with Gasteiger partial charge in [-0.2, -0.15) is 0 Å². The first kappa shape index (κ1) is 20.6. The van der Waals surface area contributed by atoms with Gasteiger partial charge in [0.05, 0.1) is 6.54 Å². The highest BCUT2D eigenvalue weighted by Gasteiger charge is 2.49. The molecule has 6 heteroatoms. The highest BCUT2D eigenvalue weighted by molar-refractivity contribution is 6.10. The van der Waals surface area contributed by atoms with E-state index < -0.39 is 11.6 Å². The maximum atomic E-state index is 13.2. The Morgan fingerprint density at radius 3 is 2.31 bits per heavy atom. The number of nitrogens with one attached hydrogen (secondary N) is 1. The van der Waals surface area contributed by atoms with Gasteiger partial charge in [0.15, 0.2) is 0 Å². The van der Waals surface area contributed by atoms with Crippen molar-refractivity contribution in [2.24, 2.45) is 0 Å². The summed E-state index contributed by atoms with van der Waals surface area (Å²) in [5, 5.41) is 2.78. The van der Waals surface area contributed by atoms with Gasteiger partial charge in [0.2, 0.25) is 5.91 Å². The minimum Gasteiger partial charge on any atom is -0.323 e. The second kappa shape index (κ2) is 8.47. The Kier molecular flexibility index (Phi) is 6.01. The molecule has 0 unspecified atom stereocenters. The molecule has 0 bridgehead atoms. The number of anilines is 1. The van der Waals surface area contributed by atoms with E-state index in [1.54, 1.807) is 4.90 Å². The quantitative estimate of drug-likeness (QED) is 0.730. The molecule has 1 aliphatic heterocycles. The molecule has 1 heterocycles. The van der Waals surface area contributed by atoms with Gasteiger partial charge in [-0.1, -0.05) is 56.3 Å². The lowest BCUT2D eigenvalue weighted by Crippen LogP contribution is -2.47. The zero-order chi connectivity index (χ0) is 21.0. The number of nitrogens with zero attached hydrogens (tertiary/aromatic N) is 2. The SMILES string of the molecule is CCC1(CC)NC(=O)N(CC(=O)N(Cc2ccccc2)c2cccc(C)c2)C1=O. The molecule has 3 rings (SSSR count). The first-order valence-electron chi connectivity index (χ1n) is 9.95. The summed E-state index contributed by atoms with van der Waals surface area (Å²) in [6.07, 6.45) is 0.981. The fraction of sp³-hybridized carbons (Fsp3) is 0.348. The molecular formula is C23H27N3O3. The van der Waals surface area contributed by atoms with Crippen LogP contribution in [0.25, 0.3) is 0 Å². The van der Waals surface area contributed by atoms with Crippen molar-refractivity contribution in [1.82, 2.24) is 10.2 Å². The van der Waals surface area contributed by atoms with Crippen molar-refractivity contribution in [3.05, 3.63) is 65.7 Å². The molecule has 1 aliphatic rings. The summed E-state index contributed by atoms with van der Waals surface area (Å²) in [7, 11) is 0. The van der Waals surface area contributed by atoms with Crippen molar-refractivity contribution >= 4 is 23.5 Å². The minimum atomic E-state index is -0.912. The predicted molar refractivity (Wildman–Crippen MR) is 112 cm³/mol. The first-order chi connectivity index (χ1) is 13.9. The van der Waals surface area contributed by atoms with Crippen molar-refractivity contribution in [3.63, 3.8) is 0 Å². The predicted octanol–water partition coefficient (Wildman–Crippen LogP) is 3.64. The van der Waals surface area contributed by atoms with Crippen LogP contribution in [0.5, 0.6) is 0 Å². The monoisotopic (exact) mass is 393 g/mol. The van der Waals surface area contributed by atoms with Crippen LogP contribution in [-0.4, -0.2) is 34.8 Å². The number of hydrogen-bond acceptors (Lipinski definition) is 3. The molecular weight excluding hydrogens is 366 g/mol. The summed E-state index contributed by atoms with van der Waals surface area (Å²) in [5.74, 6) is -0.629. The lowest BCUT2D eigenvalue weighted by atomic mass is 9.93. The van der Waals surface area contributed by atoms with Crippen LogP contribution in [-0.2, 0) is 16.1 Å². The largest absolute Gasteiger partial charge is 0.325 e. The van der Waals surface area contributed by atoms with E-state index in [1.807, 2.05) is 75.4 Å². The molecule has 0 atom stereocenters. The number of amides is 4. The van der Waals surface area contributed by atoms with Crippen molar-refractivity contribution < 1.29 is 14.4 Å². The normalized spacial score (nSPS) is 15.3. The molecule has 1 fully saturated rings. The minimum absolute atomic E-state index is 0.285. The number of imide groups is 1. The van der Waals surface area contributed by atoms with Crippen LogP contribution in [0.1, 0.15) is 37.8 Å². The van der Waals surface area contributed by atoms with Crippen LogP contribution in [0.3, 0.4) is 0 Å². The molecule has 29 heavy (non-hydrogen) atoms. The van der Waals surface area contributed by atoms with Crippen LogP contribution < -0.4 is 10.2 Å². The van der Waals surface area contributed by atoms with Gasteiger partial charge >= 0.3 is 6.03 Å². The second-order valence-electron chi connectivity index (χ2n) is 7.42. The van der Waals surface area contributed by atoms with Crippen LogP contribution in [0, 0.1) is 6.92 Å². The van der Waals surface area contributed by atoms with E-state index in [4.69, 9.17) is 0 Å². The summed E-state index contributed by atoms with van der Waals surface area (Å²) >= 11 is 0.